The molecule has 0 aliphatic rings. The third-order valence-corrected chi connectivity index (χ3v) is 3.03. The maximum atomic E-state index is 13.7. The highest BCUT2D eigenvalue weighted by Crippen LogP contribution is 2.19. The Morgan fingerprint density at radius 1 is 1.47 bits per heavy atom. The predicted molar refractivity (Wildman–Crippen MR) is 73.7 cm³/mol. The van der Waals surface area contributed by atoms with Gasteiger partial charge < -0.3 is 9.94 Å². The first kappa shape index (κ1) is 15.6. The van der Waals surface area contributed by atoms with E-state index in [1.807, 2.05) is 0 Å². The van der Waals surface area contributed by atoms with Crippen LogP contribution in [0.3, 0.4) is 0 Å². The van der Waals surface area contributed by atoms with E-state index < -0.39 is 5.97 Å². The molecule has 0 aromatic heterocycles. The summed E-state index contributed by atoms with van der Waals surface area (Å²) in [7, 11) is 0. The zero-order valence-electron chi connectivity index (χ0n) is 10.5. The van der Waals surface area contributed by atoms with Gasteiger partial charge in [-0.25, -0.2) is 4.39 Å². The van der Waals surface area contributed by atoms with Crippen LogP contribution in [0.1, 0.15) is 31.7 Å². The lowest BCUT2D eigenvalue weighted by Gasteiger charge is -2.04. The Balaban J connectivity index is 2.44. The molecule has 19 heavy (non-hydrogen) atoms. The van der Waals surface area contributed by atoms with Crippen LogP contribution in [-0.4, -0.2) is 23.4 Å². The van der Waals surface area contributed by atoms with Gasteiger partial charge in [0.2, 0.25) is 0 Å². The number of hydrogen-bond acceptors (Lipinski definition) is 3. The van der Waals surface area contributed by atoms with Crippen molar-refractivity contribution >= 4 is 27.6 Å². The number of nitrogens with zero attached hydrogens (tertiary/aromatic N) is 1. The van der Waals surface area contributed by atoms with Crippen LogP contribution in [0.5, 0.6) is 0 Å². The first-order chi connectivity index (χ1) is 9.02. The number of benzene rings is 1. The lowest BCUT2D eigenvalue weighted by molar-refractivity contribution is -0.137. The molecule has 0 atom stereocenters. The summed E-state index contributed by atoms with van der Waals surface area (Å²) in [5.74, 6) is -1.20. The predicted octanol–water partition coefficient (Wildman–Crippen LogP) is 3.58. The summed E-state index contributed by atoms with van der Waals surface area (Å²) in [6, 6.07) is 4.94. The number of carboxylic acids is 1. The number of oxime groups is 1. The molecule has 6 heteroatoms. The minimum Gasteiger partial charge on any atom is -0.481 e. The number of halogens is 2. The number of aliphatic carboxylic acids is 1. The minimum atomic E-state index is -0.823. The number of hydrogen-bond donors (Lipinski definition) is 1. The highest BCUT2D eigenvalue weighted by Gasteiger charge is 2.08. The molecule has 0 radical (unpaired) electrons. The van der Waals surface area contributed by atoms with Gasteiger partial charge in [0.25, 0.3) is 0 Å². The van der Waals surface area contributed by atoms with Gasteiger partial charge in [-0.1, -0.05) is 17.3 Å². The molecule has 1 aromatic carbocycles. The standard InChI is InChI=1S/C13H15BrFNO3/c1-9(10-5-4-6-11(14)13(10)15)16-19-8-3-2-7-12(17)18/h4-6H,2-3,7-8H2,1H3,(H,17,18)/b16-9-. The molecule has 0 bridgehead atoms. The maximum absolute atomic E-state index is 13.7. The Hall–Kier alpha value is -1.43. The average Bonchev–Trinajstić information content (AvgIpc) is 2.36. The largest absolute Gasteiger partial charge is 0.481 e. The average molecular weight is 332 g/mol. The van der Waals surface area contributed by atoms with Gasteiger partial charge in [0.15, 0.2) is 0 Å². The van der Waals surface area contributed by atoms with Gasteiger partial charge >= 0.3 is 5.97 Å². The zero-order chi connectivity index (χ0) is 14.3. The quantitative estimate of drug-likeness (QED) is 0.472. The first-order valence-electron chi connectivity index (χ1n) is 5.85. The van der Waals surface area contributed by atoms with Crippen molar-refractivity contribution in [3.05, 3.63) is 34.1 Å². The molecule has 0 heterocycles. The Kier molecular flexibility index (Phi) is 6.49. The number of unbranched alkanes of at least 4 members (excludes halogenated alkanes) is 1. The van der Waals surface area contributed by atoms with E-state index in [1.165, 1.54) is 0 Å². The van der Waals surface area contributed by atoms with E-state index in [2.05, 4.69) is 21.1 Å². The van der Waals surface area contributed by atoms with Gasteiger partial charge in [0.05, 0.1) is 10.2 Å². The van der Waals surface area contributed by atoms with E-state index >= 15 is 0 Å². The molecule has 0 aliphatic carbocycles. The molecular formula is C13H15BrFNO3. The summed E-state index contributed by atoms with van der Waals surface area (Å²) >= 11 is 3.10. The minimum absolute atomic E-state index is 0.117. The van der Waals surface area contributed by atoms with Gasteiger partial charge in [-0.15, -0.1) is 0 Å². The van der Waals surface area contributed by atoms with Crippen LogP contribution in [0, 0.1) is 5.82 Å². The van der Waals surface area contributed by atoms with E-state index in [0.29, 0.717) is 35.2 Å². The van der Waals surface area contributed by atoms with Gasteiger partial charge in [0.1, 0.15) is 12.4 Å². The highest BCUT2D eigenvalue weighted by molar-refractivity contribution is 9.10. The Bertz CT molecular complexity index is 477. The Labute approximate surface area is 119 Å². The first-order valence-corrected chi connectivity index (χ1v) is 6.64. The number of carboxylic acid groups (broad SMARTS) is 1. The summed E-state index contributed by atoms with van der Waals surface area (Å²) < 4.78 is 14.1. The lowest BCUT2D eigenvalue weighted by Crippen LogP contribution is -2.02. The van der Waals surface area contributed by atoms with Gasteiger partial charge in [-0.2, -0.15) is 0 Å². The van der Waals surface area contributed by atoms with E-state index in [4.69, 9.17) is 9.94 Å². The summed E-state index contributed by atoms with van der Waals surface area (Å²) in [5, 5.41) is 12.3. The molecule has 0 saturated carbocycles. The fourth-order valence-corrected chi connectivity index (χ4v) is 1.78. The summed E-state index contributed by atoms with van der Waals surface area (Å²) in [6.45, 7) is 1.97. The molecule has 1 rings (SSSR count). The molecule has 0 aliphatic heterocycles. The van der Waals surface area contributed by atoms with Crippen LogP contribution in [0.25, 0.3) is 0 Å². The van der Waals surface area contributed by atoms with Crippen LogP contribution in [0.2, 0.25) is 0 Å². The molecule has 0 saturated heterocycles. The third kappa shape index (κ3) is 5.38. The maximum Gasteiger partial charge on any atom is 0.303 e. The Morgan fingerprint density at radius 3 is 2.89 bits per heavy atom. The summed E-state index contributed by atoms with van der Waals surface area (Å²) in [6.07, 6.45) is 1.26. The second kappa shape index (κ2) is 7.89. The molecule has 1 N–H and O–H groups in total. The highest BCUT2D eigenvalue weighted by atomic mass is 79.9. The van der Waals surface area contributed by atoms with E-state index in [-0.39, 0.29) is 12.2 Å². The number of carbonyl (C=O) groups is 1. The van der Waals surface area contributed by atoms with Crippen molar-refractivity contribution in [3.63, 3.8) is 0 Å². The lowest BCUT2D eigenvalue weighted by atomic mass is 10.1. The smallest absolute Gasteiger partial charge is 0.303 e. The molecule has 0 spiro atoms. The molecule has 4 nitrogen and oxygen atoms in total. The van der Waals surface area contributed by atoms with E-state index in [9.17, 15) is 9.18 Å². The molecule has 0 fully saturated rings. The Morgan fingerprint density at radius 2 is 2.21 bits per heavy atom. The second-order valence-electron chi connectivity index (χ2n) is 3.96. The SMILES string of the molecule is C/C(=N/OCCCCC(=O)O)c1cccc(Br)c1F. The molecule has 1 aromatic rings. The van der Waals surface area contributed by atoms with Crippen molar-refractivity contribution in [3.8, 4) is 0 Å². The topological polar surface area (TPSA) is 58.9 Å². The van der Waals surface area contributed by atoms with Crippen molar-refractivity contribution in [1.82, 2.24) is 0 Å². The van der Waals surface area contributed by atoms with Gasteiger partial charge in [-0.3, -0.25) is 4.79 Å². The van der Waals surface area contributed by atoms with Gasteiger partial charge in [-0.05, 0) is 41.8 Å². The van der Waals surface area contributed by atoms with Crippen molar-refractivity contribution in [2.45, 2.75) is 26.2 Å². The van der Waals surface area contributed by atoms with Crippen LogP contribution in [0.4, 0.5) is 4.39 Å². The van der Waals surface area contributed by atoms with E-state index in [0.717, 1.165) is 0 Å². The van der Waals surface area contributed by atoms with Crippen LogP contribution in [-0.2, 0) is 9.63 Å². The van der Waals surface area contributed by atoms with E-state index in [1.54, 1.807) is 25.1 Å². The van der Waals surface area contributed by atoms with Crippen molar-refractivity contribution in [2.24, 2.45) is 5.16 Å². The van der Waals surface area contributed by atoms with Gasteiger partial charge in [0, 0.05) is 12.0 Å². The molecule has 104 valence electrons. The zero-order valence-corrected chi connectivity index (χ0v) is 12.1. The van der Waals surface area contributed by atoms with Crippen LogP contribution in [0.15, 0.2) is 27.8 Å². The summed E-state index contributed by atoms with van der Waals surface area (Å²) in [4.78, 5) is 15.3. The molecular weight excluding hydrogens is 317 g/mol. The monoisotopic (exact) mass is 331 g/mol. The van der Waals surface area contributed by atoms with Crippen molar-refractivity contribution < 1.29 is 19.1 Å². The fraction of sp³-hybridized carbons (Fsp3) is 0.385. The van der Waals surface area contributed by atoms with Crippen LogP contribution < -0.4 is 0 Å². The van der Waals surface area contributed by atoms with Crippen molar-refractivity contribution in [2.75, 3.05) is 6.61 Å². The number of rotatable bonds is 7. The molecule has 0 unspecified atom stereocenters. The fourth-order valence-electron chi connectivity index (χ4n) is 1.42. The van der Waals surface area contributed by atoms with Crippen LogP contribution >= 0.6 is 15.9 Å². The third-order valence-electron chi connectivity index (χ3n) is 2.42. The summed E-state index contributed by atoms with van der Waals surface area (Å²) in [5.41, 5.74) is 0.817. The normalized spacial score (nSPS) is 11.4. The van der Waals surface area contributed by atoms with Crippen molar-refractivity contribution in [1.29, 1.82) is 0 Å². The molecule has 0 amide bonds. The second-order valence-corrected chi connectivity index (χ2v) is 4.82.